The number of halogens is 4. The fourth-order valence-electron chi connectivity index (χ4n) is 8.96. The molecule has 1 aromatic heterocycles. The van der Waals surface area contributed by atoms with Crippen LogP contribution in [-0.2, 0) is 35.1 Å². The van der Waals surface area contributed by atoms with Gasteiger partial charge in [0.05, 0.1) is 35.4 Å². The fraction of sp³-hybridized carbons (Fsp3) is 0.714. The molecule has 7 rings (SSSR count). The number of rotatable bonds is 8. The summed E-state index contributed by atoms with van der Waals surface area (Å²) in [5, 5.41) is 5.11. The number of nitrogens with zero attached hydrogens (tertiary/aromatic N) is 3. The number of methoxy groups -OCH3 is 1. The van der Waals surface area contributed by atoms with Crippen LogP contribution in [-0.4, -0.2) is 101 Å². The van der Waals surface area contributed by atoms with Gasteiger partial charge in [0.1, 0.15) is 35.1 Å². The van der Waals surface area contributed by atoms with E-state index < -0.39 is 128 Å². The van der Waals surface area contributed by atoms with Crippen molar-refractivity contribution in [2.45, 2.75) is 152 Å². The Kier molecular flexibility index (Phi) is 11.7. The van der Waals surface area contributed by atoms with Crippen molar-refractivity contribution in [2.24, 2.45) is 23.2 Å². The Labute approximate surface area is 358 Å². The van der Waals surface area contributed by atoms with Gasteiger partial charge in [-0.3, -0.25) is 19.1 Å². The number of sulfonamides is 1. The smallest absolute Gasteiger partial charge is 0.408 e. The van der Waals surface area contributed by atoms with Crippen molar-refractivity contribution >= 4 is 44.9 Å². The predicted molar refractivity (Wildman–Crippen MR) is 216 cm³/mol. The minimum Gasteiger partial charge on any atom is -0.497 e. The van der Waals surface area contributed by atoms with E-state index in [0.29, 0.717) is 31.4 Å². The summed E-state index contributed by atoms with van der Waals surface area (Å²) in [5.41, 5.74) is -4.70. The van der Waals surface area contributed by atoms with Gasteiger partial charge in [-0.05, 0) is 76.3 Å². The van der Waals surface area contributed by atoms with Crippen molar-refractivity contribution in [3.63, 3.8) is 0 Å². The van der Waals surface area contributed by atoms with E-state index in [1.54, 1.807) is 40.7 Å². The molecule has 3 N–H and O–H groups in total. The van der Waals surface area contributed by atoms with Gasteiger partial charge in [0, 0.05) is 24.3 Å². The molecule has 2 aromatic rings. The summed E-state index contributed by atoms with van der Waals surface area (Å²) in [7, 11) is -2.90. The Balaban J connectivity index is 1.31. The second-order valence-electron chi connectivity index (χ2n) is 19.2. The number of aromatic nitrogens is 2. The lowest BCUT2D eigenvalue weighted by molar-refractivity contribution is -0.144. The van der Waals surface area contributed by atoms with Gasteiger partial charge < -0.3 is 29.7 Å². The average Bonchev–Trinajstić information content (AvgIpc) is 4.14. The van der Waals surface area contributed by atoms with Crippen LogP contribution in [0.25, 0.3) is 11.0 Å². The number of alkyl carbamates (subject to hydrolysis) is 1. The summed E-state index contributed by atoms with van der Waals surface area (Å²) < 4.78 is 106. The topological polar surface area (TPSA) is 195 Å². The van der Waals surface area contributed by atoms with Crippen molar-refractivity contribution in [1.82, 2.24) is 30.2 Å². The number of amides is 4. The first kappa shape index (κ1) is 45.5. The number of ether oxygens (including phenoxy) is 3. The molecule has 1 saturated heterocycles. The summed E-state index contributed by atoms with van der Waals surface area (Å²) in [6.45, 7) is 9.40. The van der Waals surface area contributed by atoms with E-state index in [1.807, 2.05) is 4.72 Å². The Morgan fingerprint density at radius 3 is 2.37 bits per heavy atom. The number of carbonyl (C=O) groups excluding carboxylic acids is 4. The standard InChI is InChI=1S/C42H56F4N6O9S/c1-8-24-28-21-52(29(24)33(53)50-41(20-25(41)32(43)44)36(55)51-62(57,58)39(5)16-17-39)35(54)31(38(2,3)4)49-37(56)61-40(6)19-22(40)12-10-9-11-15-42(45,46)30-34(60-28)48-27-18-23(59-7)13-14-26(27)47-30/h13-14,18,22,24-25,28-29,31-32H,8-12,15-17,19-21H2,1-7H3,(H,49,56)(H,50,53)(H,51,55)/t22-,24-,25+,28+,29+,31-,40-,41-/m1/s1. The van der Waals surface area contributed by atoms with Crippen LogP contribution in [0.4, 0.5) is 22.4 Å². The summed E-state index contributed by atoms with van der Waals surface area (Å²) in [6, 6.07) is 1.57. The molecule has 15 nitrogen and oxygen atoms in total. The lowest BCUT2D eigenvalue weighted by atomic mass is 9.85. The third kappa shape index (κ3) is 8.60. The van der Waals surface area contributed by atoms with Gasteiger partial charge in [0.2, 0.25) is 34.1 Å². The van der Waals surface area contributed by atoms with Gasteiger partial charge in [0.15, 0.2) is 5.69 Å². The molecule has 2 bridgehead atoms. The maximum Gasteiger partial charge on any atom is 0.408 e. The molecular weight excluding hydrogens is 841 g/mol. The van der Waals surface area contributed by atoms with E-state index >= 15 is 8.78 Å². The van der Waals surface area contributed by atoms with Gasteiger partial charge in [0.25, 0.3) is 11.8 Å². The molecule has 3 heterocycles. The molecule has 0 spiro atoms. The average molecular weight is 897 g/mol. The zero-order chi connectivity index (χ0) is 45.4. The molecule has 20 heteroatoms. The summed E-state index contributed by atoms with van der Waals surface area (Å²) in [5.74, 6) is -9.83. The van der Waals surface area contributed by atoms with E-state index in [4.69, 9.17) is 14.2 Å². The molecular formula is C42H56F4N6O9S. The number of hydrogen-bond acceptors (Lipinski definition) is 11. The van der Waals surface area contributed by atoms with Crippen molar-refractivity contribution in [3.8, 4) is 11.6 Å². The van der Waals surface area contributed by atoms with Crippen molar-refractivity contribution < 1.29 is 59.4 Å². The first-order chi connectivity index (χ1) is 28.9. The fourth-order valence-corrected chi connectivity index (χ4v) is 10.3. The maximum absolute atomic E-state index is 16.4. The third-order valence-corrected chi connectivity index (χ3v) is 15.7. The normalized spacial score (nSPS) is 32.1. The second-order valence-corrected chi connectivity index (χ2v) is 21.4. The summed E-state index contributed by atoms with van der Waals surface area (Å²) >= 11 is 0. The molecule has 4 amide bonds. The van der Waals surface area contributed by atoms with Crippen LogP contribution in [0.5, 0.6) is 11.6 Å². The van der Waals surface area contributed by atoms with Gasteiger partial charge in [-0.25, -0.2) is 32.0 Å². The van der Waals surface area contributed by atoms with E-state index in [-0.39, 0.29) is 42.6 Å². The zero-order valence-electron chi connectivity index (χ0n) is 36.0. The van der Waals surface area contributed by atoms with E-state index in [0.717, 1.165) is 4.90 Å². The van der Waals surface area contributed by atoms with Crippen molar-refractivity contribution in [2.75, 3.05) is 13.7 Å². The van der Waals surface area contributed by atoms with Crippen molar-refractivity contribution in [3.05, 3.63) is 23.9 Å². The highest BCUT2D eigenvalue weighted by atomic mass is 32.2. The van der Waals surface area contributed by atoms with Gasteiger partial charge in [-0.1, -0.05) is 40.5 Å². The van der Waals surface area contributed by atoms with E-state index in [1.165, 1.54) is 26.2 Å². The number of fused-ring (bicyclic) bond motifs is 5. The monoisotopic (exact) mass is 896 g/mol. The number of alkyl halides is 4. The third-order valence-electron chi connectivity index (χ3n) is 13.6. The molecule has 5 aliphatic rings. The second kappa shape index (κ2) is 15.9. The molecule has 8 atom stereocenters. The number of benzene rings is 1. The van der Waals surface area contributed by atoms with Crippen LogP contribution in [0.3, 0.4) is 0 Å². The molecule has 2 aliphatic heterocycles. The van der Waals surface area contributed by atoms with Crippen molar-refractivity contribution in [1.29, 1.82) is 0 Å². The Morgan fingerprint density at radius 2 is 1.76 bits per heavy atom. The number of nitrogens with one attached hydrogen (secondary N) is 3. The largest absolute Gasteiger partial charge is 0.497 e. The zero-order valence-corrected chi connectivity index (χ0v) is 36.8. The highest BCUT2D eigenvalue weighted by molar-refractivity contribution is 7.91. The van der Waals surface area contributed by atoms with E-state index in [9.17, 15) is 36.4 Å². The highest BCUT2D eigenvalue weighted by Crippen LogP contribution is 2.51. The summed E-state index contributed by atoms with van der Waals surface area (Å²) in [6.07, 6.45) is -3.62. The van der Waals surface area contributed by atoms with Gasteiger partial charge in [-0.2, -0.15) is 8.78 Å². The first-order valence-electron chi connectivity index (χ1n) is 21.3. The van der Waals surface area contributed by atoms with E-state index in [2.05, 4.69) is 20.6 Å². The molecule has 62 heavy (non-hydrogen) atoms. The van der Waals surface area contributed by atoms with Crippen LogP contribution in [0.2, 0.25) is 0 Å². The quantitative estimate of drug-likeness (QED) is 0.274. The number of carbonyl (C=O) groups is 4. The van der Waals surface area contributed by atoms with Crippen LogP contribution in [0.1, 0.15) is 111 Å². The Morgan fingerprint density at radius 1 is 1.05 bits per heavy atom. The predicted octanol–water partition coefficient (Wildman–Crippen LogP) is 5.74. The van der Waals surface area contributed by atoms with Crippen LogP contribution in [0, 0.1) is 23.2 Å². The molecule has 3 aliphatic carbocycles. The molecule has 3 saturated carbocycles. The Bertz CT molecular complexity index is 2240. The lowest BCUT2D eigenvalue weighted by Crippen LogP contribution is -2.61. The minimum absolute atomic E-state index is 0.0353. The Hall–Kier alpha value is -4.49. The lowest BCUT2D eigenvalue weighted by Gasteiger charge is -2.36. The molecule has 342 valence electrons. The van der Waals surface area contributed by atoms with Crippen LogP contribution >= 0.6 is 0 Å². The molecule has 0 unspecified atom stereocenters. The SMILES string of the molecule is CC[C@@H]1[C@@H]2CN(C(=O)[C@H](C(C)(C)C)NC(=O)O[C@]3(C)C[C@H]3CCCCCC(F)(F)c3nc4ccc(OC)cc4nc3O2)[C@@H]1C(=O)N[C@]1(C(=O)NS(=O)(=O)C2(C)CC2)C[C@H]1C(F)F. The molecule has 1 aromatic carbocycles. The first-order valence-corrected chi connectivity index (χ1v) is 22.7. The molecule has 4 fully saturated rings. The molecule has 0 radical (unpaired) electrons. The number of hydrogen-bond donors (Lipinski definition) is 3. The van der Waals surface area contributed by atoms with Gasteiger partial charge >= 0.3 is 6.09 Å². The van der Waals surface area contributed by atoms with Crippen LogP contribution < -0.4 is 24.8 Å². The van der Waals surface area contributed by atoms with Crippen LogP contribution in [0.15, 0.2) is 18.2 Å². The highest BCUT2D eigenvalue weighted by Gasteiger charge is 2.68. The minimum atomic E-state index is -4.32. The maximum atomic E-state index is 16.4. The van der Waals surface area contributed by atoms with Gasteiger partial charge in [-0.15, -0.1) is 0 Å². The summed E-state index contributed by atoms with van der Waals surface area (Å²) in [4.78, 5) is 66.9.